The van der Waals surface area contributed by atoms with Crippen LogP contribution >= 0.6 is 0 Å². The summed E-state index contributed by atoms with van der Waals surface area (Å²) in [5, 5.41) is 33.7. The lowest BCUT2D eigenvalue weighted by Gasteiger charge is -2.42. The number of benzene rings is 1. The maximum Gasteiger partial charge on any atom is 0.252 e. The van der Waals surface area contributed by atoms with Crippen molar-refractivity contribution in [2.24, 2.45) is 0 Å². The van der Waals surface area contributed by atoms with Crippen molar-refractivity contribution in [2.75, 3.05) is 66.3 Å². The van der Waals surface area contributed by atoms with Gasteiger partial charge in [-0.05, 0) is 36.6 Å². The molecule has 12 nitrogen and oxygen atoms in total. The Morgan fingerprint density at radius 3 is 2.67 bits per heavy atom. The van der Waals surface area contributed by atoms with Gasteiger partial charge in [0.1, 0.15) is 18.3 Å². The van der Waals surface area contributed by atoms with E-state index in [1.807, 2.05) is 0 Å². The highest BCUT2D eigenvalue weighted by molar-refractivity contribution is 5.96. The van der Waals surface area contributed by atoms with Gasteiger partial charge in [-0.3, -0.25) is 14.5 Å². The fourth-order valence-electron chi connectivity index (χ4n) is 6.06. The Labute approximate surface area is 233 Å². The van der Waals surface area contributed by atoms with Crippen molar-refractivity contribution >= 4 is 11.8 Å². The van der Waals surface area contributed by atoms with Crippen LogP contribution in [0, 0.1) is 0 Å². The zero-order valence-electron chi connectivity index (χ0n) is 22.8. The SMILES string of the molecule is COc1cc(CO)cc2c1O[C@@H]1[C@@H](O)[C@H](N(CCN3CCOCC3)C(=O)C3CCCO3)C=C(C(=O)NCCO)[C@H]21. The summed E-state index contributed by atoms with van der Waals surface area (Å²) in [4.78, 5) is 31.1. The van der Waals surface area contributed by atoms with Crippen LogP contribution in [0.15, 0.2) is 23.8 Å². The molecular weight excluding hydrogens is 522 g/mol. The van der Waals surface area contributed by atoms with Gasteiger partial charge < -0.3 is 44.5 Å². The Hall–Kier alpha value is -2.74. The van der Waals surface area contributed by atoms with Crippen molar-refractivity contribution < 1.29 is 43.9 Å². The van der Waals surface area contributed by atoms with Crippen LogP contribution in [0.4, 0.5) is 0 Å². The molecule has 0 radical (unpaired) electrons. The van der Waals surface area contributed by atoms with E-state index in [0.29, 0.717) is 67.5 Å². The van der Waals surface area contributed by atoms with Gasteiger partial charge in [0.15, 0.2) is 11.5 Å². The Bertz CT molecular complexity index is 1100. The predicted molar refractivity (Wildman–Crippen MR) is 142 cm³/mol. The molecular formula is C28H39N3O9. The van der Waals surface area contributed by atoms with E-state index in [2.05, 4.69) is 10.2 Å². The molecule has 1 unspecified atom stereocenters. The van der Waals surface area contributed by atoms with Gasteiger partial charge in [0.05, 0.1) is 45.5 Å². The number of aliphatic hydroxyl groups is 3. The van der Waals surface area contributed by atoms with E-state index in [1.165, 1.54) is 7.11 Å². The van der Waals surface area contributed by atoms with Gasteiger partial charge in [0.25, 0.3) is 5.91 Å². The molecule has 3 heterocycles. The van der Waals surface area contributed by atoms with Crippen molar-refractivity contribution in [3.05, 3.63) is 34.9 Å². The number of carbonyl (C=O) groups excluding carboxylic acids is 2. The molecule has 1 aliphatic carbocycles. The second-order valence-corrected chi connectivity index (χ2v) is 10.5. The van der Waals surface area contributed by atoms with E-state index in [4.69, 9.17) is 18.9 Å². The number of aliphatic hydroxyl groups excluding tert-OH is 3. The number of ether oxygens (including phenoxy) is 4. The molecule has 3 aliphatic heterocycles. The summed E-state index contributed by atoms with van der Waals surface area (Å²) in [7, 11) is 1.49. The quantitative estimate of drug-likeness (QED) is 0.285. The Kier molecular flexibility index (Phi) is 9.24. The summed E-state index contributed by atoms with van der Waals surface area (Å²) in [6, 6.07) is 2.55. The largest absolute Gasteiger partial charge is 0.493 e. The van der Waals surface area contributed by atoms with Gasteiger partial charge in [-0.2, -0.15) is 0 Å². The normalized spacial score (nSPS) is 27.8. The molecule has 0 bridgehead atoms. The van der Waals surface area contributed by atoms with Crippen LogP contribution in [0.1, 0.15) is 29.9 Å². The van der Waals surface area contributed by atoms with Crippen LogP contribution < -0.4 is 14.8 Å². The smallest absolute Gasteiger partial charge is 0.252 e. The van der Waals surface area contributed by atoms with Crippen LogP contribution in [-0.4, -0.2) is 128 Å². The van der Waals surface area contributed by atoms with Crippen molar-refractivity contribution in [3.8, 4) is 11.5 Å². The van der Waals surface area contributed by atoms with Crippen molar-refractivity contribution in [2.45, 2.75) is 49.7 Å². The zero-order chi connectivity index (χ0) is 28.2. The number of methoxy groups -OCH3 is 1. The van der Waals surface area contributed by atoms with E-state index in [0.717, 1.165) is 19.5 Å². The van der Waals surface area contributed by atoms with Crippen LogP contribution in [0.3, 0.4) is 0 Å². The summed E-state index contributed by atoms with van der Waals surface area (Å²) < 4.78 is 23.0. The summed E-state index contributed by atoms with van der Waals surface area (Å²) >= 11 is 0. The molecule has 2 amide bonds. The third kappa shape index (κ3) is 5.69. The molecule has 220 valence electrons. The van der Waals surface area contributed by atoms with Crippen molar-refractivity contribution in [1.29, 1.82) is 0 Å². The fraction of sp³-hybridized carbons (Fsp3) is 0.643. The van der Waals surface area contributed by atoms with E-state index >= 15 is 0 Å². The summed E-state index contributed by atoms with van der Waals surface area (Å²) in [6.45, 7) is 3.70. The van der Waals surface area contributed by atoms with E-state index < -0.39 is 36.2 Å². The zero-order valence-corrected chi connectivity index (χ0v) is 22.8. The number of morpholine rings is 1. The van der Waals surface area contributed by atoms with Gasteiger partial charge in [-0.25, -0.2) is 0 Å². The topological polar surface area (TPSA) is 150 Å². The Morgan fingerprint density at radius 2 is 2.00 bits per heavy atom. The molecule has 5 atom stereocenters. The second-order valence-electron chi connectivity index (χ2n) is 10.5. The molecule has 0 aromatic heterocycles. The number of amides is 2. The molecule has 2 fully saturated rings. The third-order valence-electron chi connectivity index (χ3n) is 8.10. The molecule has 4 aliphatic rings. The van der Waals surface area contributed by atoms with Gasteiger partial charge in [-0.15, -0.1) is 0 Å². The number of carbonyl (C=O) groups is 2. The van der Waals surface area contributed by atoms with E-state index in [1.54, 1.807) is 23.1 Å². The first-order valence-corrected chi connectivity index (χ1v) is 14.0. The highest BCUT2D eigenvalue weighted by atomic mass is 16.5. The average molecular weight is 562 g/mol. The standard InChI is InChI=1S/C28H39N3O9/c1-37-22-14-17(16-33)13-18-23-19(27(35)29-4-9-32)15-20(24(34)26(23)40-25(18)22)31(28(36)21-3-2-10-39-21)6-5-30-7-11-38-12-8-30/h13-15,20-21,23-24,26,32-34H,2-12,16H2,1H3,(H,29,35)/t20-,21?,23+,24+,26+/m1/s1. The first kappa shape index (κ1) is 28.8. The molecule has 1 aromatic carbocycles. The second kappa shape index (κ2) is 12.8. The van der Waals surface area contributed by atoms with Crippen LogP contribution in [0.2, 0.25) is 0 Å². The van der Waals surface area contributed by atoms with Crippen LogP contribution in [-0.2, 0) is 25.7 Å². The molecule has 1 aromatic rings. The molecule has 0 spiro atoms. The Balaban J connectivity index is 1.52. The van der Waals surface area contributed by atoms with Crippen molar-refractivity contribution in [3.63, 3.8) is 0 Å². The summed E-state index contributed by atoms with van der Waals surface area (Å²) in [6.07, 6.45) is 0.375. The number of hydrogen-bond acceptors (Lipinski definition) is 10. The van der Waals surface area contributed by atoms with Crippen LogP contribution in [0.5, 0.6) is 11.5 Å². The molecule has 2 saturated heterocycles. The van der Waals surface area contributed by atoms with Gasteiger partial charge >= 0.3 is 0 Å². The summed E-state index contributed by atoms with van der Waals surface area (Å²) in [5.41, 5.74) is 1.51. The monoisotopic (exact) mass is 561 g/mol. The van der Waals surface area contributed by atoms with E-state index in [9.17, 15) is 24.9 Å². The first-order valence-electron chi connectivity index (χ1n) is 14.0. The minimum Gasteiger partial charge on any atom is -0.493 e. The lowest BCUT2D eigenvalue weighted by molar-refractivity contribution is -0.147. The molecule has 40 heavy (non-hydrogen) atoms. The van der Waals surface area contributed by atoms with Gasteiger partial charge in [0.2, 0.25) is 5.91 Å². The highest BCUT2D eigenvalue weighted by Crippen LogP contribution is 2.51. The number of nitrogens with one attached hydrogen (secondary N) is 1. The number of fused-ring (bicyclic) bond motifs is 3. The minimum absolute atomic E-state index is 0.0457. The number of nitrogens with zero attached hydrogens (tertiary/aromatic N) is 2. The predicted octanol–water partition coefficient (Wildman–Crippen LogP) is -0.850. The number of hydrogen-bond donors (Lipinski definition) is 4. The fourth-order valence-corrected chi connectivity index (χ4v) is 6.06. The molecule has 0 saturated carbocycles. The van der Waals surface area contributed by atoms with Gasteiger partial charge in [0, 0.05) is 50.5 Å². The third-order valence-corrected chi connectivity index (χ3v) is 8.10. The summed E-state index contributed by atoms with van der Waals surface area (Å²) in [5.74, 6) is -0.548. The molecule has 12 heteroatoms. The lowest BCUT2D eigenvalue weighted by atomic mass is 9.77. The molecule has 4 N–H and O–H groups in total. The maximum absolute atomic E-state index is 13.8. The highest BCUT2D eigenvalue weighted by Gasteiger charge is 2.52. The lowest BCUT2D eigenvalue weighted by Crippen LogP contribution is -2.58. The van der Waals surface area contributed by atoms with Crippen molar-refractivity contribution in [1.82, 2.24) is 15.1 Å². The first-order chi connectivity index (χ1) is 19.5. The average Bonchev–Trinajstić information content (AvgIpc) is 3.66. The molecule has 5 rings (SSSR count). The Morgan fingerprint density at radius 1 is 1.20 bits per heavy atom. The number of rotatable bonds is 10. The minimum atomic E-state index is -1.16. The van der Waals surface area contributed by atoms with Gasteiger partial charge in [-0.1, -0.05) is 0 Å². The van der Waals surface area contributed by atoms with E-state index in [-0.39, 0.29) is 25.7 Å². The van der Waals surface area contributed by atoms with Crippen LogP contribution in [0.25, 0.3) is 0 Å². The maximum atomic E-state index is 13.8.